The van der Waals surface area contributed by atoms with Crippen molar-refractivity contribution in [3.8, 4) is 0 Å². The summed E-state index contributed by atoms with van der Waals surface area (Å²) in [5.41, 5.74) is 0.429. The number of nitrogens with one attached hydrogen (secondary N) is 1. The Kier molecular flexibility index (Phi) is 4.38. The molecule has 6 nitrogen and oxygen atoms in total. The summed E-state index contributed by atoms with van der Waals surface area (Å²) in [5, 5.41) is 2.49. The first kappa shape index (κ1) is 17.0. The fourth-order valence-corrected chi connectivity index (χ4v) is 4.11. The summed E-state index contributed by atoms with van der Waals surface area (Å²) in [7, 11) is 0. The van der Waals surface area contributed by atoms with Gasteiger partial charge in [-0.3, -0.25) is 14.4 Å². The van der Waals surface area contributed by atoms with E-state index in [2.05, 4.69) is 5.32 Å². The number of para-hydroxylation sites is 1. The smallest absolute Gasteiger partial charge is 0.244 e. The molecule has 1 aliphatic carbocycles. The van der Waals surface area contributed by atoms with Crippen LogP contribution in [0.25, 0.3) is 0 Å². The highest BCUT2D eigenvalue weighted by Gasteiger charge is 2.42. The molecule has 2 fully saturated rings. The van der Waals surface area contributed by atoms with Crippen LogP contribution in [0.1, 0.15) is 32.1 Å². The predicted octanol–water partition coefficient (Wildman–Crippen LogP) is 2.15. The maximum atomic E-state index is 13.9. The van der Waals surface area contributed by atoms with Crippen LogP contribution in [0.4, 0.5) is 15.8 Å². The van der Waals surface area contributed by atoms with Crippen LogP contribution >= 0.6 is 0 Å². The molecule has 3 amide bonds. The van der Waals surface area contributed by atoms with E-state index in [9.17, 15) is 18.8 Å². The van der Waals surface area contributed by atoms with E-state index < -0.39 is 11.7 Å². The quantitative estimate of drug-likeness (QED) is 0.880. The molecule has 1 N–H and O–H groups in total. The Morgan fingerprint density at radius 1 is 1.04 bits per heavy atom. The van der Waals surface area contributed by atoms with E-state index in [-0.39, 0.29) is 35.9 Å². The van der Waals surface area contributed by atoms with Crippen LogP contribution < -0.4 is 10.2 Å². The van der Waals surface area contributed by atoms with Crippen molar-refractivity contribution >= 4 is 29.1 Å². The standard InChI is InChI=1S/C19H22FN3O3/c20-14-7-4-8-15-17(14)21-16(24)11-23(15)19(26)13-9-22(10-13)18(25)12-5-2-1-3-6-12/h4,7-8,12-13H,1-3,5-6,9-11H2,(H,21,24). The normalized spacial score (nSPS) is 21.0. The van der Waals surface area contributed by atoms with Gasteiger partial charge in [0, 0.05) is 19.0 Å². The van der Waals surface area contributed by atoms with Gasteiger partial charge in [0.25, 0.3) is 0 Å². The van der Waals surface area contributed by atoms with Gasteiger partial charge in [0.15, 0.2) is 0 Å². The molecule has 2 aliphatic heterocycles. The molecule has 0 aromatic heterocycles. The number of carbonyl (C=O) groups is 3. The Morgan fingerprint density at radius 3 is 2.50 bits per heavy atom. The van der Waals surface area contributed by atoms with E-state index in [4.69, 9.17) is 0 Å². The molecule has 138 valence electrons. The molecule has 1 aromatic rings. The second kappa shape index (κ2) is 6.70. The number of fused-ring (bicyclic) bond motifs is 1. The number of likely N-dealkylation sites (tertiary alicyclic amines) is 1. The van der Waals surface area contributed by atoms with Crippen molar-refractivity contribution < 1.29 is 18.8 Å². The molecule has 2 heterocycles. The minimum atomic E-state index is -0.559. The third-order valence-corrected chi connectivity index (χ3v) is 5.61. The van der Waals surface area contributed by atoms with Crippen molar-refractivity contribution in [2.45, 2.75) is 32.1 Å². The summed E-state index contributed by atoms with van der Waals surface area (Å²) in [4.78, 5) is 40.3. The van der Waals surface area contributed by atoms with E-state index in [0.717, 1.165) is 25.7 Å². The molecule has 0 atom stereocenters. The number of halogens is 1. The first-order chi connectivity index (χ1) is 12.5. The molecular weight excluding hydrogens is 337 g/mol. The molecule has 26 heavy (non-hydrogen) atoms. The van der Waals surface area contributed by atoms with E-state index in [1.54, 1.807) is 11.0 Å². The maximum Gasteiger partial charge on any atom is 0.244 e. The average molecular weight is 359 g/mol. The number of benzene rings is 1. The minimum Gasteiger partial charge on any atom is -0.341 e. The van der Waals surface area contributed by atoms with Gasteiger partial charge in [-0.25, -0.2) is 4.39 Å². The molecule has 0 radical (unpaired) electrons. The fourth-order valence-electron chi connectivity index (χ4n) is 4.11. The van der Waals surface area contributed by atoms with E-state index in [0.29, 0.717) is 18.8 Å². The largest absolute Gasteiger partial charge is 0.341 e. The number of carbonyl (C=O) groups excluding carboxylic acids is 3. The van der Waals surface area contributed by atoms with Crippen LogP contribution in [-0.4, -0.2) is 42.3 Å². The highest BCUT2D eigenvalue weighted by Crippen LogP contribution is 2.34. The minimum absolute atomic E-state index is 0.0477. The van der Waals surface area contributed by atoms with Crippen molar-refractivity contribution in [2.75, 3.05) is 29.9 Å². The molecule has 0 unspecified atom stereocenters. The third-order valence-electron chi connectivity index (χ3n) is 5.61. The highest BCUT2D eigenvalue weighted by molar-refractivity contribution is 6.11. The number of anilines is 2. The number of rotatable bonds is 2. The van der Waals surface area contributed by atoms with Gasteiger partial charge in [0.2, 0.25) is 17.7 Å². The van der Waals surface area contributed by atoms with Gasteiger partial charge in [-0.05, 0) is 25.0 Å². The second-order valence-corrected chi connectivity index (χ2v) is 7.38. The Hall–Kier alpha value is -2.44. The number of hydrogen-bond donors (Lipinski definition) is 1. The van der Waals surface area contributed by atoms with Crippen LogP contribution in [0.15, 0.2) is 18.2 Å². The molecular formula is C19H22FN3O3. The molecule has 3 aliphatic rings. The Balaban J connectivity index is 1.43. The van der Waals surface area contributed by atoms with Gasteiger partial charge in [0.1, 0.15) is 18.0 Å². The predicted molar refractivity (Wildman–Crippen MR) is 94.0 cm³/mol. The average Bonchev–Trinajstić information content (AvgIpc) is 2.61. The van der Waals surface area contributed by atoms with Gasteiger partial charge in [-0.1, -0.05) is 25.3 Å². The highest BCUT2D eigenvalue weighted by atomic mass is 19.1. The van der Waals surface area contributed by atoms with Gasteiger partial charge < -0.3 is 15.1 Å². The van der Waals surface area contributed by atoms with Crippen molar-refractivity contribution in [3.05, 3.63) is 24.0 Å². The topological polar surface area (TPSA) is 69.7 Å². The molecule has 1 aromatic carbocycles. The van der Waals surface area contributed by atoms with Gasteiger partial charge in [-0.2, -0.15) is 0 Å². The summed E-state index contributed by atoms with van der Waals surface area (Å²) < 4.78 is 13.9. The van der Waals surface area contributed by atoms with Gasteiger partial charge in [0.05, 0.1) is 11.6 Å². The van der Waals surface area contributed by atoms with Crippen LogP contribution in [0.2, 0.25) is 0 Å². The zero-order chi connectivity index (χ0) is 18.3. The maximum absolute atomic E-state index is 13.9. The third kappa shape index (κ3) is 2.95. The zero-order valence-electron chi connectivity index (χ0n) is 14.5. The van der Waals surface area contributed by atoms with Crippen LogP contribution in [0.5, 0.6) is 0 Å². The molecule has 1 saturated heterocycles. The summed E-state index contributed by atoms with van der Waals surface area (Å²) in [6.45, 7) is 0.649. The summed E-state index contributed by atoms with van der Waals surface area (Å²) >= 11 is 0. The fraction of sp³-hybridized carbons (Fsp3) is 0.526. The molecule has 0 spiro atoms. The van der Waals surface area contributed by atoms with E-state index in [1.165, 1.54) is 23.5 Å². The monoisotopic (exact) mass is 359 g/mol. The Morgan fingerprint density at radius 2 is 1.77 bits per heavy atom. The lowest BCUT2D eigenvalue weighted by Gasteiger charge is -2.43. The lowest BCUT2D eigenvalue weighted by atomic mass is 9.86. The molecule has 0 bridgehead atoms. The zero-order valence-corrected chi connectivity index (χ0v) is 14.5. The first-order valence-electron chi connectivity index (χ1n) is 9.23. The first-order valence-corrected chi connectivity index (χ1v) is 9.23. The van der Waals surface area contributed by atoms with Gasteiger partial charge in [-0.15, -0.1) is 0 Å². The van der Waals surface area contributed by atoms with Crippen molar-refractivity contribution in [1.29, 1.82) is 0 Å². The summed E-state index contributed by atoms with van der Waals surface area (Å²) in [6.07, 6.45) is 5.26. The number of nitrogens with zero attached hydrogens (tertiary/aromatic N) is 2. The van der Waals surface area contributed by atoms with Crippen molar-refractivity contribution in [3.63, 3.8) is 0 Å². The Bertz CT molecular complexity index is 754. The van der Waals surface area contributed by atoms with Crippen LogP contribution in [0.3, 0.4) is 0 Å². The number of amides is 3. The number of hydrogen-bond acceptors (Lipinski definition) is 3. The summed E-state index contributed by atoms with van der Waals surface area (Å²) in [5.74, 6) is -1.28. The second-order valence-electron chi connectivity index (χ2n) is 7.38. The molecule has 4 rings (SSSR count). The lowest BCUT2D eigenvalue weighted by Crippen LogP contribution is -2.59. The van der Waals surface area contributed by atoms with Crippen molar-refractivity contribution in [2.24, 2.45) is 11.8 Å². The molecule has 1 saturated carbocycles. The van der Waals surface area contributed by atoms with E-state index >= 15 is 0 Å². The SMILES string of the molecule is O=C1CN(C(=O)C2CN(C(=O)C3CCCCC3)C2)c2cccc(F)c2N1. The Labute approximate surface area is 151 Å². The molecule has 7 heteroatoms. The van der Waals surface area contributed by atoms with Gasteiger partial charge >= 0.3 is 0 Å². The van der Waals surface area contributed by atoms with Crippen molar-refractivity contribution in [1.82, 2.24) is 4.90 Å². The summed E-state index contributed by atoms with van der Waals surface area (Å²) in [6, 6.07) is 4.39. The van der Waals surface area contributed by atoms with Crippen LogP contribution in [0, 0.1) is 17.7 Å². The van der Waals surface area contributed by atoms with E-state index in [1.807, 2.05) is 0 Å². The lowest BCUT2D eigenvalue weighted by molar-refractivity contribution is -0.146. The van der Waals surface area contributed by atoms with Crippen LogP contribution in [-0.2, 0) is 14.4 Å².